The lowest BCUT2D eigenvalue weighted by atomic mass is 9.98. The van der Waals surface area contributed by atoms with Gasteiger partial charge >= 0.3 is 11.9 Å². The second-order valence-electron chi connectivity index (χ2n) is 3.07. The van der Waals surface area contributed by atoms with Gasteiger partial charge in [-0.3, -0.25) is 9.59 Å². The molecule has 1 aromatic carbocycles. The summed E-state index contributed by atoms with van der Waals surface area (Å²) in [5, 5.41) is 0.490. The van der Waals surface area contributed by atoms with Crippen molar-refractivity contribution in [3.05, 3.63) is 34.9 Å². The van der Waals surface area contributed by atoms with E-state index in [1.807, 2.05) is 0 Å². The summed E-state index contributed by atoms with van der Waals surface area (Å²) >= 11 is 5.90. The van der Waals surface area contributed by atoms with Crippen LogP contribution in [0.15, 0.2) is 24.3 Å². The van der Waals surface area contributed by atoms with Crippen molar-refractivity contribution in [1.82, 2.24) is 0 Å². The summed E-state index contributed by atoms with van der Waals surface area (Å²) in [7, 11) is 0. The van der Waals surface area contributed by atoms with Crippen LogP contribution in [0.1, 0.15) is 17.9 Å². The molecule has 1 aromatic rings. The summed E-state index contributed by atoms with van der Waals surface area (Å²) in [6.07, 6.45) is 0.0859. The van der Waals surface area contributed by atoms with E-state index in [4.69, 9.17) is 11.6 Å². The van der Waals surface area contributed by atoms with E-state index in [9.17, 15) is 9.59 Å². The van der Waals surface area contributed by atoms with Crippen LogP contribution in [0.25, 0.3) is 0 Å². The Morgan fingerprint density at radius 1 is 1.29 bits per heavy atom. The van der Waals surface area contributed by atoms with Gasteiger partial charge in [-0.2, -0.15) is 0 Å². The zero-order valence-corrected chi connectivity index (χ0v) is 7.95. The maximum atomic E-state index is 11.2. The Bertz CT molecular complexity index is 400. The Morgan fingerprint density at radius 2 is 2.00 bits per heavy atom. The van der Waals surface area contributed by atoms with Gasteiger partial charge < -0.3 is 4.74 Å². The number of rotatable bonds is 1. The number of ether oxygens (including phenoxy) is 1. The normalized spacial score (nSPS) is 21.1. The van der Waals surface area contributed by atoms with Crippen LogP contribution in [-0.2, 0) is 14.3 Å². The third kappa shape index (κ3) is 1.51. The van der Waals surface area contributed by atoms with Crippen molar-refractivity contribution in [3.63, 3.8) is 0 Å². The van der Waals surface area contributed by atoms with Gasteiger partial charge in [-0.05, 0) is 11.6 Å². The van der Waals surface area contributed by atoms with Crippen LogP contribution in [0.3, 0.4) is 0 Å². The zero-order valence-electron chi connectivity index (χ0n) is 7.20. The van der Waals surface area contributed by atoms with Gasteiger partial charge in [0, 0.05) is 5.02 Å². The predicted molar refractivity (Wildman–Crippen MR) is 49.9 cm³/mol. The summed E-state index contributed by atoms with van der Waals surface area (Å²) in [6, 6.07) is 6.96. The fourth-order valence-electron chi connectivity index (χ4n) is 1.47. The smallest absolute Gasteiger partial charge is 0.321 e. The molecule has 0 spiro atoms. The molecular weight excluding hydrogens is 204 g/mol. The molecule has 1 aliphatic rings. The maximum Gasteiger partial charge on any atom is 0.321 e. The van der Waals surface area contributed by atoms with Crippen LogP contribution in [0.5, 0.6) is 0 Å². The third-order valence-corrected chi connectivity index (χ3v) is 2.49. The third-order valence-electron chi connectivity index (χ3n) is 2.15. The van der Waals surface area contributed by atoms with E-state index in [2.05, 4.69) is 4.74 Å². The monoisotopic (exact) mass is 210 g/mol. The molecule has 3 nitrogen and oxygen atoms in total. The van der Waals surface area contributed by atoms with Gasteiger partial charge in [-0.25, -0.2) is 0 Å². The van der Waals surface area contributed by atoms with Gasteiger partial charge in [-0.15, -0.1) is 0 Å². The lowest BCUT2D eigenvalue weighted by Crippen LogP contribution is -2.05. The fraction of sp³-hybridized carbons (Fsp3) is 0.200. The summed E-state index contributed by atoms with van der Waals surface area (Å²) in [5.74, 6) is -1.53. The van der Waals surface area contributed by atoms with Crippen molar-refractivity contribution in [1.29, 1.82) is 0 Å². The molecule has 0 bridgehead atoms. The van der Waals surface area contributed by atoms with Gasteiger partial charge in [0.2, 0.25) is 0 Å². The summed E-state index contributed by atoms with van der Waals surface area (Å²) < 4.78 is 4.45. The first kappa shape index (κ1) is 9.21. The van der Waals surface area contributed by atoms with Crippen molar-refractivity contribution in [3.8, 4) is 0 Å². The molecule has 14 heavy (non-hydrogen) atoms. The Kier molecular flexibility index (Phi) is 2.25. The molecule has 0 N–H and O–H groups in total. The van der Waals surface area contributed by atoms with Crippen molar-refractivity contribution in [2.24, 2.45) is 0 Å². The van der Waals surface area contributed by atoms with Crippen LogP contribution in [0.4, 0.5) is 0 Å². The summed E-state index contributed by atoms with van der Waals surface area (Å²) in [5.41, 5.74) is 0.657. The number of halogens is 1. The van der Waals surface area contributed by atoms with Crippen molar-refractivity contribution in [2.45, 2.75) is 12.3 Å². The van der Waals surface area contributed by atoms with E-state index in [-0.39, 0.29) is 6.42 Å². The first-order valence-electron chi connectivity index (χ1n) is 4.17. The highest BCUT2D eigenvalue weighted by atomic mass is 35.5. The molecule has 4 heteroatoms. The minimum atomic E-state index is -0.531. The molecule has 0 unspecified atom stereocenters. The predicted octanol–water partition coefficient (Wildman–Crippen LogP) is 1.90. The number of hydrogen-bond acceptors (Lipinski definition) is 3. The van der Waals surface area contributed by atoms with E-state index >= 15 is 0 Å². The maximum absolute atomic E-state index is 11.2. The molecule has 0 saturated carbocycles. The molecule has 0 radical (unpaired) electrons. The van der Waals surface area contributed by atoms with Crippen molar-refractivity contribution >= 4 is 23.5 Å². The van der Waals surface area contributed by atoms with Crippen LogP contribution in [0.2, 0.25) is 5.02 Å². The zero-order chi connectivity index (χ0) is 10.1. The van der Waals surface area contributed by atoms with Gasteiger partial charge in [0.15, 0.2) is 0 Å². The largest absolute Gasteiger partial charge is 0.393 e. The average Bonchev–Trinajstić information content (AvgIpc) is 2.46. The van der Waals surface area contributed by atoms with E-state index in [1.54, 1.807) is 24.3 Å². The second kappa shape index (κ2) is 3.42. The lowest BCUT2D eigenvalue weighted by molar-refractivity contribution is -0.152. The molecule has 0 aliphatic carbocycles. The fourth-order valence-corrected chi connectivity index (χ4v) is 1.74. The number of cyclic esters (lactones) is 2. The molecule has 1 atom stereocenters. The van der Waals surface area contributed by atoms with Gasteiger partial charge in [0.05, 0.1) is 12.3 Å². The quantitative estimate of drug-likeness (QED) is 0.525. The van der Waals surface area contributed by atoms with E-state index in [0.29, 0.717) is 10.6 Å². The Hall–Kier alpha value is -1.35. The van der Waals surface area contributed by atoms with Crippen molar-refractivity contribution in [2.75, 3.05) is 0 Å². The molecule has 0 amide bonds. The molecule has 72 valence electrons. The van der Waals surface area contributed by atoms with Crippen LogP contribution < -0.4 is 0 Å². The van der Waals surface area contributed by atoms with E-state index < -0.39 is 17.9 Å². The van der Waals surface area contributed by atoms with Gasteiger partial charge in [0.1, 0.15) is 0 Å². The standard InChI is InChI=1S/C10H7ClO3/c11-8-4-2-1-3-6(8)7-5-9(12)14-10(7)13/h1-4,7H,5H2/t7-/m1/s1. The number of benzene rings is 1. The molecular formula is C10H7ClO3. The molecule has 2 rings (SSSR count). The molecule has 1 saturated heterocycles. The highest BCUT2D eigenvalue weighted by Gasteiger charge is 2.35. The molecule has 1 aliphatic heterocycles. The number of hydrogen-bond donors (Lipinski definition) is 0. The number of esters is 2. The average molecular weight is 211 g/mol. The minimum absolute atomic E-state index is 0.0859. The minimum Gasteiger partial charge on any atom is -0.393 e. The SMILES string of the molecule is O=C1C[C@H](c2ccccc2Cl)C(=O)O1. The van der Waals surface area contributed by atoms with E-state index in [1.165, 1.54) is 0 Å². The topological polar surface area (TPSA) is 43.4 Å². The van der Waals surface area contributed by atoms with Crippen LogP contribution >= 0.6 is 11.6 Å². The Morgan fingerprint density at radius 3 is 2.57 bits per heavy atom. The lowest BCUT2D eigenvalue weighted by Gasteiger charge is -2.06. The van der Waals surface area contributed by atoms with Gasteiger partial charge in [-0.1, -0.05) is 29.8 Å². The highest BCUT2D eigenvalue weighted by Crippen LogP contribution is 2.31. The number of carbonyl (C=O) groups is 2. The molecule has 0 aromatic heterocycles. The Balaban J connectivity index is 2.36. The van der Waals surface area contributed by atoms with Crippen molar-refractivity contribution < 1.29 is 14.3 Å². The molecule has 1 heterocycles. The molecule has 1 fully saturated rings. The van der Waals surface area contributed by atoms with Gasteiger partial charge in [0.25, 0.3) is 0 Å². The van der Waals surface area contributed by atoms with E-state index in [0.717, 1.165) is 0 Å². The number of carbonyl (C=O) groups excluding carboxylic acids is 2. The first-order valence-corrected chi connectivity index (χ1v) is 4.55. The summed E-state index contributed by atoms with van der Waals surface area (Å²) in [4.78, 5) is 22.1. The first-order chi connectivity index (χ1) is 6.68. The summed E-state index contributed by atoms with van der Waals surface area (Å²) in [6.45, 7) is 0. The second-order valence-corrected chi connectivity index (χ2v) is 3.48. The van der Waals surface area contributed by atoms with Crippen LogP contribution in [-0.4, -0.2) is 11.9 Å². The highest BCUT2D eigenvalue weighted by molar-refractivity contribution is 6.31. The Labute approximate surface area is 85.6 Å². The van der Waals surface area contributed by atoms with Crippen LogP contribution in [0, 0.1) is 0 Å².